The molecule has 1 aliphatic heterocycles. The Hall–Kier alpha value is -1.01. The van der Waals surface area contributed by atoms with Gasteiger partial charge in [-0.25, -0.2) is 0 Å². The van der Waals surface area contributed by atoms with E-state index in [9.17, 15) is 4.79 Å². The number of nitrogens with zero attached hydrogens (tertiary/aromatic N) is 1. The second kappa shape index (κ2) is 11.7. The lowest BCUT2D eigenvalue weighted by Crippen LogP contribution is -2.42. The summed E-state index contributed by atoms with van der Waals surface area (Å²) in [4.78, 5) is 15.0. The molecule has 1 aliphatic carbocycles. The van der Waals surface area contributed by atoms with E-state index in [0.29, 0.717) is 6.54 Å². The van der Waals surface area contributed by atoms with Gasteiger partial charge in [0.15, 0.2) is 0 Å². The third-order valence-electron chi connectivity index (χ3n) is 5.64. The Bertz CT molecular complexity index is 582. The molecule has 27 heavy (non-hydrogen) atoms. The summed E-state index contributed by atoms with van der Waals surface area (Å²) in [6.07, 6.45) is 6.42. The molecule has 5 nitrogen and oxygen atoms in total. The van der Waals surface area contributed by atoms with Crippen LogP contribution in [0.5, 0.6) is 5.75 Å². The molecule has 3 rings (SSSR count). The zero-order valence-corrected chi connectivity index (χ0v) is 17.7. The van der Waals surface area contributed by atoms with Crippen LogP contribution in [0.4, 0.5) is 0 Å². The van der Waals surface area contributed by atoms with Crippen LogP contribution in [0.25, 0.3) is 0 Å². The number of nitrogens with one attached hydrogen (secondary N) is 1. The third kappa shape index (κ3) is 6.24. The van der Waals surface area contributed by atoms with Gasteiger partial charge < -0.3 is 15.8 Å². The summed E-state index contributed by atoms with van der Waals surface area (Å²) in [5.41, 5.74) is 7.12. The maximum atomic E-state index is 12.5. The van der Waals surface area contributed by atoms with Crippen molar-refractivity contribution in [2.24, 2.45) is 11.7 Å². The van der Waals surface area contributed by atoms with Crippen molar-refractivity contribution >= 4 is 30.7 Å². The quantitative estimate of drug-likeness (QED) is 0.744. The number of carbonyl (C=O) groups excluding carboxylic acids is 1. The molecule has 3 N–H and O–H groups in total. The van der Waals surface area contributed by atoms with Crippen LogP contribution >= 0.6 is 24.8 Å². The van der Waals surface area contributed by atoms with E-state index in [0.717, 1.165) is 43.7 Å². The van der Waals surface area contributed by atoms with Crippen molar-refractivity contribution in [1.29, 1.82) is 0 Å². The van der Waals surface area contributed by atoms with Gasteiger partial charge in [-0.05, 0) is 51.3 Å². The summed E-state index contributed by atoms with van der Waals surface area (Å²) in [5.74, 6) is 1.13. The Morgan fingerprint density at radius 3 is 2.56 bits per heavy atom. The summed E-state index contributed by atoms with van der Waals surface area (Å²) in [5, 5.41) is 3.20. The second-order valence-electron chi connectivity index (χ2n) is 7.37. The van der Waals surface area contributed by atoms with Crippen LogP contribution in [0.2, 0.25) is 0 Å². The van der Waals surface area contributed by atoms with Gasteiger partial charge in [0.05, 0.1) is 13.2 Å². The number of piperidine rings is 1. The van der Waals surface area contributed by atoms with Gasteiger partial charge in [0.1, 0.15) is 5.75 Å². The topological polar surface area (TPSA) is 67.6 Å². The number of halogens is 2. The SMILES string of the molecule is COc1ccccc1C(CNC(=O)C1CCC(N)C1)N1CCCCC1.Cl.Cl. The van der Waals surface area contributed by atoms with Gasteiger partial charge >= 0.3 is 0 Å². The van der Waals surface area contributed by atoms with Crippen LogP contribution < -0.4 is 15.8 Å². The van der Waals surface area contributed by atoms with Crippen molar-refractivity contribution in [1.82, 2.24) is 10.2 Å². The van der Waals surface area contributed by atoms with Crippen molar-refractivity contribution in [2.45, 2.75) is 50.6 Å². The Kier molecular flexibility index (Phi) is 10.5. The van der Waals surface area contributed by atoms with Gasteiger partial charge in [0.2, 0.25) is 5.91 Å². The smallest absolute Gasteiger partial charge is 0.223 e. The summed E-state index contributed by atoms with van der Waals surface area (Å²) in [6, 6.07) is 8.51. The number of amides is 1. The van der Waals surface area contributed by atoms with E-state index in [1.807, 2.05) is 18.2 Å². The van der Waals surface area contributed by atoms with E-state index in [4.69, 9.17) is 10.5 Å². The number of hydrogen-bond acceptors (Lipinski definition) is 4. The highest BCUT2D eigenvalue weighted by Crippen LogP contribution is 2.31. The minimum atomic E-state index is 0. The van der Waals surface area contributed by atoms with E-state index in [1.54, 1.807) is 7.11 Å². The maximum absolute atomic E-state index is 12.5. The molecule has 7 heteroatoms. The van der Waals surface area contributed by atoms with E-state index in [1.165, 1.54) is 19.3 Å². The molecule has 154 valence electrons. The summed E-state index contributed by atoms with van der Waals surface area (Å²) < 4.78 is 5.58. The number of methoxy groups -OCH3 is 1. The second-order valence-corrected chi connectivity index (χ2v) is 7.37. The highest BCUT2D eigenvalue weighted by molar-refractivity contribution is 5.85. The molecular weight excluding hydrogens is 385 g/mol. The molecule has 1 aromatic rings. The Morgan fingerprint density at radius 2 is 1.93 bits per heavy atom. The van der Waals surface area contributed by atoms with Crippen molar-refractivity contribution < 1.29 is 9.53 Å². The number of rotatable bonds is 6. The van der Waals surface area contributed by atoms with Crippen LogP contribution in [0.3, 0.4) is 0 Å². The molecule has 3 atom stereocenters. The number of nitrogens with two attached hydrogens (primary N) is 1. The highest BCUT2D eigenvalue weighted by atomic mass is 35.5. The van der Waals surface area contributed by atoms with Gasteiger partial charge in [-0.1, -0.05) is 24.6 Å². The lowest BCUT2D eigenvalue weighted by atomic mass is 10.00. The molecule has 0 bridgehead atoms. The van der Waals surface area contributed by atoms with Crippen molar-refractivity contribution in [2.75, 3.05) is 26.7 Å². The van der Waals surface area contributed by atoms with Gasteiger partial charge in [0, 0.05) is 24.1 Å². The fraction of sp³-hybridized carbons (Fsp3) is 0.650. The van der Waals surface area contributed by atoms with E-state index in [-0.39, 0.29) is 48.7 Å². The average Bonchev–Trinajstić information content (AvgIpc) is 3.09. The van der Waals surface area contributed by atoms with Crippen molar-refractivity contribution in [3.63, 3.8) is 0 Å². The lowest BCUT2D eigenvalue weighted by Gasteiger charge is -2.35. The normalized spacial score (nSPS) is 23.6. The Morgan fingerprint density at radius 1 is 1.22 bits per heavy atom. The maximum Gasteiger partial charge on any atom is 0.223 e. The molecule has 0 radical (unpaired) electrons. The average molecular weight is 418 g/mol. The molecule has 1 amide bonds. The summed E-state index contributed by atoms with van der Waals surface area (Å²) in [7, 11) is 1.71. The first-order valence-corrected chi connectivity index (χ1v) is 9.59. The Balaban J connectivity index is 0.00000182. The minimum absolute atomic E-state index is 0. The van der Waals surface area contributed by atoms with Gasteiger partial charge in [-0.2, -0.15) is 0 Å². The van der Waals surface area contributed by atoms with Gasteiger partial charge in [-0.15, -0.1) is 24.8 Å². The van der Waals surface area contributed by atoms with E-state index >= 15 is 0 Å². The third-order valence-corrected chi connectivity index (χ3v) is 5.64. The fourth-order valence-electron chi connectivity index (χ4n) is 4.20. The fourth-order valence-corrected chi connectivity index (χ4v) is 4.20. The molecule has 1 saturated carbocycles. The standard InChI is InChI=1S/C20H31N3O2.2ClH/c1-25-19-8-4-3-7-17(19)18(23-11-5-2-6-12-23)14-22-20(24)15-9-10-16(21)13-15;;/h3-4,7-8,15-16,18H,2,5-6,9-14,21H2,1H3,(H,22,24);2*1H. The number of benzene rings is 1. The lowest BCUT2D eigenvalue weighted by molar-refractivity contribution is -0.125. The minimum Gasteiger partial charge on any atom is -0.496 e. The van der Waals surface area contributed by atoms with Gasteiger partial charge in [-0.3, -0.25) is 9.69 Å². The molecule has 1 heterocycles. The first-order chi connectivity index (χ1) is 12.2. The van der Waals surface area contributed by atoms with E-state index in [2.05, 4.69) is 16.3 Å². The molecule has 3 unspecified atom stereocenters. The predicted molar refractivity (Wildman–Crippen MR) is 114 cm³/mol. The number of carbonyl (C=O) groups is 1. The van der Waals surface area contributed by atoms with Crippen LogP contribution in [0, 0.1) is 5.92 Å². The van der Waals surface area contributed by atoms with E-state index < -0.39 is 0 Å². The van der Waals surface area contributed by atoms with Crippen LogP contribution in [-0.2, 0) is 4.79 Å². The highest BCUT2D eigenvalue weighted by Gasteiger charge is 2.30. The molecular formula is C20H33Cl2N3O2. The number of para-hydroxylation sites is 1. The molecule has 2 aliphatic rings. The van der Waals surface area contributed by atoms with Gasteiger partial charge in [0.25, 0.3) is 0 Å². The molecule has 1 saturated heterocycles. The number of hydrogen-bond donors (Lipinski definition) is 2. The molecule has 2 fully saturated rings. The number of ether oxygens (including phenoxy) is 1. The van der Waals surface area contributed by atoms with Crippen molar-refractivity contribution in [3.05, 3.63) is 29.8 Å². The van der Waals surface area contributed by atoms with Crippen LogP contribution in [-0.4, -0.2) is 43.6 Å². The molecule has 1 aromatic carbocycles. The monoisotopic (exact) mass is 417 g/mol. The number of likely N-dealkylation sites (tertiary alicyclic amines) is 1. The molecule has 0 spiro atoms. The molecule has 0 aromatic heterocycles. The van der Waals surface area contributed by atoms with Crippen LogP contribution in [0.1, 0.15) is 50.1 Å². The Labute approximate surface area is 175 Å². The van der Waals surface area contributed by atoms with Crippen molar-refractivity contribution in [3.8, 4) is 5.75 Å². The zero-order valence-electron chi connectivity index (χ0n) is 16.1. The summed E-state index contributed by atoms with van der Waals surface area (Å²) >= 11 is 0. The summed E-state index contributed by atoms with van der Waals surface area (Å²) in [6.45, 7) is 2.78. The zero-order chi connectivity index (χ0) is 17.6. The predicted octanol–water partition coefficient (Wildman–Crippen LogP) is 3.31. The largest absolute Gasteiger partial charge is 0.496 e. The first kappa shape index (κ1) is 24.0. The first-order valence-electron chi connectivity index (χ1n) is 9.59. The van der Waals surface area contributed by atoms with Crippen LogP contribution in [0.15, 0.2) is 24.3 Å².